The van der Waals surface area contributed by atoms with Gasteiger partial charge in [0, 0.05) is 10.0 Å². The van der Waals surface area contributed by atoms with Gasteiger partial charge >= 0.3 is 0 Å². The number of nitrogens with zero attached hydrogens (tertiary/aromatic N) is 2. The molecule has 0 atom stereocenters. The number of nitrogens with one attached hydrogen (secondary N) is 1. The number of H-pyrrole nitrogens is 1. The van der Waals surface area contributed by atoms with Crippen LogP contribution in [-0.4, -0.2) is 15.9 Å². The largest absolute Gasteiger partial charge is 0.369 e. The summed E-state index contributed by atoms with van der Waals surface area (Å²) in [5.74, 6) is 0.0459. The van der Waals surface area contributed by atoms with E-state index in [0.29, 0.717) is 15.6 Å². The fraction of sp³-hybridized carbons (Fsp3) is 0.154. The molecule has 2 aromatic rings. The van der Waals surface area contributed by atoms with Gasteiger partial charge in [-0.3, -0.25) is 19.5 Å². The van der Waals surface area contributed by atoms with E-state index in [1.807, 2.05) is 0 Å². The number of fused-ring (bicyclic) bond motifs is 1. The summed E-state index contributed by atoms with van der Waals surface area (Å²) in [7, 11) is 0. The third-order valence-electron chi connectivity index (χ3n) is 3.16. The molecule has 108 valence electrons. The van der Waals surface area contributed by atoms with Gasteiger partial charge in [-0.15, -0.1) is 0 Å². The third-order valence-corrected chi connectivity index (χ3v) is 3.60. The van der Waals surface area contributed by atoms with Crippen molar-refractivity contribution in [2.75, 3.05) is 10.6 Å². The summed E-state index contributed by atoms with van der Waals surface area (Å²) in [5, 5.41) is 0.950. The Morgan fingerprint density at radius 3 is 2.57 bits per heavy atom. The van der Waals surface area contributed by atoms with E-state index in [4.69, 9.17) is 28.9 Å². The van der Waals surface area contributed by atoms with Crippen LogP contribution >= 0.6 is 23.2 Å². The Morgan fingerprint density at radius 1 is 1.24 bits per heavy atom. The summed E-state index contributed by atoms with van der Waals surface area (Å²) in [6.45, 7) is 0.224. The molecular weight excluding hydrogens is 315 g/mol. The minimum absolute atomic E-state index is 0.00619. The molecule has 0 radical (unpaired) electrons. The van der Waals surface area contributed by atoms with Crippen molar-refractivity contribution < 1.29 is 4.79 Å². The van der Waals surface area contributed by atoms with Gasteiger partial charge in [-0.2, -0.15) is 4.98 Å². The molecule has 0 fully saturated rings. The van der Waals surface area contributed by atoms with Crippen molar-refractivity contribution in [3.8, 4) is 0 Å². The van der Waals surface area contributed by atoms with Crippen LogP contribution in [0.15, 0.2) is 23.0 Å². The highest BCUT2D eigenvalue weighted by Crippen LogP contribution is 2.27. The number of benzene rings is 1. The number of anilines is 2. The first-order chi connectivity index (χ1) is 9.94. The average molecular weight is 325 g/mol. The Hall–Kier alpha value is -2.05. The highest BCUT2D eigenvalue weighted by Gasteiger charge is 2.31. The number of hydrogen-bond acceptors (Lipinski definition) is 4. The monoisotopic (exact) mass is 324 g/mol. The Morgan fingerprint density at radius 2 is 1.90 bits per heavy atom. The van der Waals surface area contributed by atoms with Gasteiger partial charge in [-0.25, -0.2) is 0 Å². The molecule has 21 heavy (non-hydrogen) atoms. The van der Waals surface area contributed by atoms with Crippen molar-refractivity contribution in [3.63, 3.8) is 0 Å². The SMILES string of the molecule is Nc1nc2c(c(=O)[nH]1)CC(=O)N2Cc1cc(Cl)cc(Cl)c1. The van der Waals surface area contributed by atoms with Crippen LogP contribution in [0.4, 0.5) is 11.8 Å². The van der Waals surface area contributed by atoms with Crippen molar-refractivity contribution in [2.24, 2.45) is 0 Å². The maximum atomic E-state index is 12.1. The van der Waals surface area contributed by atoms with Crippen molar-refractivity contribution >= 4 is 40.9 Å². The molecule has 1 aromatic heterocycles. The molecule has 3 N–H and O–H groups in total. The molecule has 3 rings (SSSR count). The van der Waals surface area contributed by atoms with Crippen LogP contribution in [0.2, 0.25) is 10.0 Å². The Kier molecular flexibility index (Phi) is 3.35. The molecule has 0 aliphatic carbocycles. The molecule has 1 aromatic carbocycles. The van der Waals surface area contributed by atoms with Crippen molar-refractivity contribution in [3.05, 3.63) is 49.7 Å². The van der Waals surface area contributed by atoms with E-state index in [2.05, 4.69) is 9.97 Å². The lowest BCUT2D eigenvalue weighted by atomic mass is 10.2. The van der Waals surface area contributed by atoms with Crippen molar-refractivity contribution in [1.82, 2.24) is 9.97 Å². The molecule has 0 spiro atoms. The second kappa shape index (κ2) is 5.05. The van der Waals surface area contributed by atoms with E-state index in [1.165, 1.54) is 4.90 Å². The summed E-state index contributed by atoms with van der Waals surface area (Å²) < 4.78 is 0. The van der Waals surface area contributed by atoms with Crippen LogP contribution in [-0.2, 0) is 17.8 Å². The van der Waals surface area contributed by atoms with E-state index in [1.54, 1.807) is 18.2 Å². The maximum absolute atomic E-state index is 12.1. The quantitative estimate of drug-likeness (QED) is 0.880. The molecule has 0 unspecified atom stereocenters. The first kappa shape index (κ1) is 13.9. The van der Waals surface area contributed by atoms with E-state index < -0.39 is 5.56 Å². The number of nitrogens with two attached hydrogens (primary N) is 1. The molecule has 0 saturated carbocycles. The van der Waals surface area contributed by atoms with Gasteiger partial charge in [0.2, 0.25) is 11.9 Å². The second-order valence-corrected chi connectivity index (χ2v) is 5.56. The van der Waals surface area contributed by atoms with Crippen LogP contribution in [0.3, 0.4) is 0 Å². The van der Waals surface area contributed by atoms with Gasteiger partial charge in [-0.1, -0.05) is 23.2 Å². The highest BCUT2D eigenvalue weighted by atomic mass is 35.5. The standard InChI is InChI=1S/C13H10Cl2N4O2/c14-7-1-6(2-8(15)3-7)5-19-10(20)4-9-11(19)17-13(16)18-12(9)21/h1-3H,4-5H2,(H3,16,17,18,21). The van der Waals surface area contributed by atoms with Crippen LogP contribution in [0.25, 0.3) is 0 Å². The van der Waals surface area contributed by atoms with Gasteiger partial charge in [0.05, 0.1) is 18.5 Å². The molecule has 0 saturated heterocycles. The second-order valence-electron chi connectivity index (χ2n) is 4.69. The summed E-state index contributed by atoms with van der Waals surface area (Å²) in [6.07, 6.45) is 0.00619. The highest BCUT2D eigenvalue weighted by molar-refractivity contribution is 6.34. The molecule has 1 aliphatic rings. The van der Waals surface area contributed by atoms with Gasteiger partial charge in [0.25, 0.3) is 5.56 Å². The minimum Gasteiger partial charge on any atom is -0.369 e. The predicted molar refractivity (Wildman–Crippen MR) is 80.6 cm³/mol. The van der Waals surface area contributed by atoms with Gasteiger partial charge in [0.1, 0.15) is 5.82 Å². The van der Waals surface area contributed by atoms with Crippen molar-refractivity contribution in [1.29, 1.82) is 0 Å². The Balaban J connectivity index is 2.01. The lowest BCUT2D eigenvalue weighted by Crippen LogP contribution is -2.27. The first-order valence-corrected chi connectivity index (χ1v) is 6.83. The van der Waals surface area contributed by atoms with Crippen LogP contribution < -0.4 is 16.2 Å². The smallest absolute Gasteiger partial charge is 0.258 e. The van der Waals surface area contributed by atoms with Crippen LogP contribution in [0, 0.1) is 0 Å². The van der Waals surface area contributed by atoms with Gasteiger partial charge in [0.15, 0.2) is 0 Å². The zero-order chi connectivity index (χ0) is 15.1. The lowest BCUT2D eigenvalue weighted by Gasteiger charge is -2.16. The fourth-order valence-corrected chi connectivity index (χ4v) is 2.87. The zero-order valence-corrected chi connectivity index (χ0v) is 12.2. The topological polar surface area (TPSA) is 92.1 Å². The molecule has 0 bridgehead atoms. The predicted octanol–water partition coefficient (Wildman–Crippen LogP) is 1.75. The van der Waals surface area contributed by atoms with Gasteiger partial charge < -0.3 is 5.73 Å². The summed E-state index contributed by atoms with van der Waals surface area (Å²) in [6, 6.07) is 5.01. The Bertz CT molecular complexity index is 783. The number of halogens is 2. The van der Waals surface area contributed by atoms with E-state index in [9.17, 15) is 9.59 Å². The molecule has 6 nitrogen and oxygen atoms in total. The van der Waals surface area contributed by atoms with Gasteiger partial charge in [-0.05, 0) is 23.8 Å². The van der Waals surface area contributed by atoms with E-state index in [0.717, 1.165) is 5.56 Å². The number of amides is 1. The van der Waals surface area contributed by atoms with E-state index >= 15 is 0 Å². The van der Waals surface area contributed by atoms with Crippen molar-refractivity contribution in [2.45, 2.75) is 13.0 Å². The Labute approximate surface area is 129 Å². The third kappa shape index (κ3) is 2.59. The average Bonchev–Trinajstić information content (AvgIpc) is 2.66. The number of hydrogen-bond donors (Lipinski definition) is 2. The van der Waals surface area contributed by atoms with E-state index in [-0.39, 0.29) is 30.6 Å². The number of aromatic amines is 1. The maximum Gasteiger partial charge on any atom is 0.258 e. The number of carbonyl (C=O) groups excluding carboxylic acids is 1. The van der Waals surface area contributed by atoms with Crippen LogP contribution in [0.1, 0.15) is 11.1 Å². The number of nitrogen functional groups attached to an aromatic ring is 1. The van der Waals surface area contributed by atoms with Crippen LogP contribution in [0.5, 0.6) is 0 Å². The number of aromatic nitrogens is 2. The molecule has 1 amide bonds. The lowest BCUT2D eigenvalue weighted by molar-refractivity contribution is -0.117. The molecule has 2 heterocycles. The number of rotatable bonds is 2. The molecule has 1 aliphatic heterocycles. The summed E-state index contributed by atoms with van der Waals surface area (Å²) >= 11 is 11.9. The minimum atomic E-state index is -0.391. The normalized spacial score (nSPS) is 13.6. The number of carbonyl (C=O) groups is 1. The summed E-state index contributed by atoms with van der Waals surface area (Å²) in [5.41, 5.74) is 6.21. The summed E-state index contributed by atoms with van der Waals surface area (Å²) in [4.78, 5) is 31.7. The fourth-order valence-electron chi connectivity index (χ4n) is 2.30. The first-order valence-electron chi connectivity index (χ1n) is 6.08. The molecular formula is C13H10Cl2N4O2. The zero-order valence-electron chi connectivity index (χ0n) is 10.7. The molecule has 8 heteroatoms.